The average molecular weight is 314 g/mol. The first-order valence-corrected chi connectivity index (χ1v) is 8.05. The van der Waals surface area contributed by atoms with E-state index in [1.165, 1.54) is 23.5 Å². The molecule has 0 radical (unpaired) electrons. The van der Waals surface area contributed by atoms with Crippen molar-refractivity contribution < 1.29 is 13.3 Å². The van der Waals surface area contributed by atoms with Crippen LogP contribution in [0.1, 0.15) is 25.7 Å². The Balaban J connectivity index is 2.49. The topological polar surface area (TPSA) is 119 Å². The lowest BCUT2D eigenvalue weighted by Gasteiger charge is -2.23. The minimum absolute atomic E-state index is 0.107. The quantitative estimate of drug-likeness (QED) is 0.482. The van der Waals surface area contributed by atoms with Crippen LogP contribution in [0.4, 0.5) is 11.4 Å². The van der Waals surface area contributed by atoms with Crippen LogP contribution in [0.25, 0.3) is 0 Å². The van der Waals surface area contributed by atoms with E-state index < -0.39 is 20.6 Å². The molecule has 1 aliphatic carbocycles. The number of rotatable bonds is 5. The van der Waals surface area contributed by atoms with Crippen molar-refractivity contribution >= 4 is 21.4 Å². The van der Waals surface area contributed by atoms with Gasteiger partial charge in [0.1, 0.15) is 0 Å². The van der Waals surface area contributed by atoms with E-state index in [2.05, 4.69) is 5.43 Å². The summed E-state index contributed by atoms with van der Waals surface area (Å²) in [7, 11) is -2.46. The summed E-state index contributed by atoms with van der Waals surface area (Å²) >= 11 is 0. The maximum Gasteiger partial charge on any atom is 0.289 e. The van der Waals surface area contributed by atoms with Crippen LogP contribution in [-0.2, 0) is 10.0 Å². The second-order valence-electron chi connectivity index (χ2n) is 5.04. The Bertz CT molecular complexity index is 641. The van der Waals surface area contributed by atoms with Gasteiger partial charge in [-0.15, -0.1) is 0 Å². The van der Waals surface area contributed by atoms with E-state index >= 15 is 0 Å². The zero-order valence-corrected chi connectivity index (χ0v) is 12.5. The van der Waals surface area contributed by atoms with Gasteiger partial charge in [0.15, 0.2) is 4.90 Å². The molecule has 0 aromatic heterocycles. The summed E-state index contributed by atoms with van der Waals surface area (Å²) in [5, 5.41) is 11.1. The fourth-order valence-electron chi connectivity index (χ4n) is 2.58. The van der Waals surface area contributed by atoms with E-state index in [0.29, 0.717) is 5.69 Å². The second kappa shape index (κ2) is 5.96. The first-order valence-electron chi connectivity index (χ1n) is 6.61. The van der Waals surface area contributed by atoms with Gasteiger partial charge in [0, 0.05) is 19.2 Å². The molecular formula is C12H18N4O4S. The Morgan fingerprint density at radius 1 is 1.38 bits per heavy atom. The van der Waals surface area contributed by atoms with Gasteiger partial charge in [-0.1, -0.05) is 12.8 Å². The first kappa shape index (κ1) is 15.7. The molecule has 116 valence electrons. The molecule has 1 saturated carbocycles. The molecule has 9 heteroatoms. The van der Waals surface area contributed by atoms with Gasteiger partial charge in [0.2, 0.25) is 10.0 Å². The molecule has 2 rings (SSSR count). The van der Waals surface area contributed by atoms with E-state index in [4.69, 9.17) is 5.84 Å². The standard InChI is InChI=1S/C12H18N4O4S/c1-15(10-4-2-3-5-10)21(19,20)12-8-9(14-13)6-7-11(12)16(17)18/h6-8,10,14H,2-5,13H2,1H3. The van der Waals surface area contributed by atoms with Gasteiger partial charge in [-0.3, -0.25) is 16.0 Å². The van der Waals surface area contributed by atoms with E-state index in [9.17, 15) is 18.5 Å². The fourth-order valence-corrected chi connectivity index (χ4v) is 4.18. The smallest absolute Gasteiger partial charge is 0.289 e. The molecular weight excluding hydrogens is 296 g/mol. The van der Waals surface area contributed by atoms with Gasteiger partial charge in [-0.2, -0.15) is 4.31 Å². The van der Waals surface area contributed by atoms with Crippen molar-refractivity contribution in [1.29, 1.82) is 0 Å². The van der Waals surface area contributed by atoms with Crippen molar-refractivity contribution in [3.63, 3.8) is 0 Å². The van der Waals surface area contributed by atoms with Crippen molar-refractivity contribution in [2.75, 3.05) is 12.5 Å². The number of hydrogen-bond donors (Lipinski definition) is 2. The monoisotopic (exact) mass is 314 g/mol. The molecule has 1 aromatic rings. The van der Waals surface area contributed by atoms with Crippen molar-refractivity contribution in [2.45, 2.75) is 36.6 Å². The molecule has 0 aliphatic heterocycles. The van der Waals surface area contributed by atoms with Crippen LogP contribution in [0.2, 0.25) is 0 Å². The van der Waals surface area contributed by atoms with Gasteiger partial charge >= 0.3 is 0 Å². The van der Waals surface area contributed by atoms with Crippen LogP contribution in [-0.4, -0.2) is 30.7 Å². The Kier molecular flexibility index (Phi) is 4.45. The number of benzene rings is 1. The third-order valence-electron chi connectivity index (χ3n) is 3.82. The predicted octanol–water partition coefficient (Wildman–Crippen LogP) is 1.44. The number of nitro benzene ring substituents is 1. The van der Waals surface area contributed by atoms with Crippen LogP contribution in [0.15, 0.2) is 23.1 Å². The summed E-state index contributed by atoms with van der Waals surface area (Å²) in [6.45, 7) is 0. The number of hydrazine groups is 1. The number of nitrogens with two attached hydrogens (primary N) is 1. The molecule has 0 saturated heterocycles. The molecule has 8 nitrogen and oxygen atoms in total. The summed E-state index contributed by atoms with van der Waals surface area (Å²) in [6.07, 6.45) is 3.49. The lowest BCUT2D eigenvalue weighted by atomic mass is 10.3. The van der Waals surface area contributed by atoms with Crippen molar-refractivity contribution in [2.24, 2.45) is 5.84 Å². The number of anilines is 1. The molecule has 3 N–H and O–H groups in total. The molecule has 1 fully saturated rings. The number of nitro groups is 1. The van der Waals surface area contributed by atoms with Crippen LogP contribution >= 0.6 is 0 Å². The third kappa shape index (κ3) is 2.99. The van der Waals surface area contributed by atoms with Gasteiger partial charge in [0.05, 0.1) is 10.6 Å². The van der Waals surface area contributed by atoms with Gasteiger partial charge in [0.25, 0.3) is 5.69 Å². The summed E-state index contributed by atoms with van der Waals surface area (Å²) < 4.78 is 26.6. The maximum atomic E-state index is 12.7. The molecule has 0 unspecified atom stereocenters. The number of hydrogen-bond acceptors (Lipinski definition) is 6. The van der Waals surface area contributed by atoms with Crippen molar-refractivity contribution in [3.05, 3.63) is 28.3 Å². The van der Waals surface area contributed by atoms with Crippen molar-refractivity contribution in [3.8, 4) is 0 Å². The molecule has 21 heavy (non-hydrogen) atoms. The first-order chi connectivity index (χ1) is 9.87. The highest BCUT2D eigenvalue weighted by atomic mass is 32.2. The normalized spacial score (nSPS) is 16.3. The number of sulfonamides is 1. The minimum Gasteiger partial charge on any atom is -0.324 e. The Morgan fingerprint density at radius 2 is 2.00 bits per heavy atom. The predicted molar refractivity (Wildman–Crippen MR) is 78.1 cm³/mol. The molecule has 0 amide bonds. The molecule has 0 heterocycles. The lowest BCUT2D eigenvalue weighted by Crippen LogP contribution is -2.35. The fraction of sp³-hybridized carbons (Fsp3) is 0.500. The van der Waals surface area contributed by atoms with Gasteiger partial charge in [-0.25, -0.2) is 8.42 Å². The van der Waals surface area contributed by atoms with E-state index in [0.717, 1.165) is 31.7 Å². The second-order valence-corrected chi connectivity index (χ2v) is 7.01. The highest BCUT2D eigenvalue weighted by molar-refractivity contribution is 7.89. The van der Waals surface area contributed by atoms with Gasteiger partial charge in [-0.05, 0) is 25.0 Å². The number of nitrogens with one attached hydrogen (secondary N) is 1. The summed E-state index contributed by atoms with van der Waals surface area (Å²) in [6, 6.07) is 3.60. The van der Waals surface area contributed by atoms with E-state index in [1.54, 1.807) is 0 Å². The highest BCUT2D eigenvalue weighted by Gasteiger charge is 2.34. The summed E-state index contributed by atoms with van der Waals surface area (Å²) in [5.74, 6) is 5.26. The van der Waals surface area contributed by atoms with E-state index in [1.807, 2.05) is 0 Å². The minimum atomic E-state index is -3.93. The molecule has 1 aromatic carbocycles. The maximum absolute atomic E-state index is 12.7. The van der Waals surface area contributed by atoms with E-state index in [-0.39, 0.29) is 10.9 Å². The van der Waals surface area contributed by atoms with Crippen LogP contribution in [0, 0.1) is 10.1 Å². The molecule has 0 bridgehead atoms. The molecule has 1 aliphatic rings. The van der Waals surface area contributed by atoms with Gasteiger partial charge < -0.3 is 5.43 Å². The zero-order chi connectivity index (χ0) is 15.6. The zero-order valence-electron chi connectivity index (χ0n) is 11.7. The number of nitrogens with zero attached hydrogens (tertiary/aromatic N) is 2. The summed E-state index contributed by atoms with van der Waals surface area (Å²) in [5.41, 5.74) is 2.17. The Labute approximate surface area is 123 Å². The Morgan fingerprint density at radius 3 is 2.52 bits per heavy atom. The third-order valence-corrected chi connectivity index (χ3v) is 5.76. The van der Waals surface area contributed by atoms with Crippen LogP contribution in [0.3, 0.4) is 0 Å². The number of nitrogen functional groups attached to an aromatic ring is 1. The largest absolute Gasteiger partial charge is 0.324 e. The SMILES string of the molecule is CN(C1CCCC1)S(=O)(=O)c1cc(NN)ccc1[N+](=O)[O-]. The van der Waals surface area contributed by atoms with Crippen molar-refractivity contribution in [1.82, 2.24) is 4.31 Å². The highest BCUT2D eigenvalue weighted by Crippen LogP contribution is 2.32. The lowest BCUT2D eigenvalue weighted by molar-refractivity contribution is -0.387. The molecule has 0 spiro atoms. The average Bonchev–Trinajstić information content (AvgIpc) is 2.99. The molecule has 0 atom stereocenters. The van der Waals surface area contributed by atoms with Crippen LogP contribution in [0.5, 0.6) is 0 Å². The summed E-state index contributed by atoms with van der Waals surface area (Å²) in [4.78, 5) is 10.0. The van der Waals surface area contributed by atoms with Crippen LogP contribution < -0.4 is 11.3 Å². The Hall–Kier alpha value is -1.71.